The third-order valence-electron chi connectivity index (χ3n) is 3.60. The van der Waals surface area contributed by atoms with Gasteiger partial charge in [0.15, 0.2) is 5.11 Å². The largest absolute Gasteiger partial charge is 0.496 e. The Labute approximate surface area is 150 Å². The van der Waals surface area contributed by atoms with E-state index in [1.165, 1.54) is 18.9 Å². The Morgan fingerprint density at radius 2 is 2.09 bits per heavy atom. The molecule has 5 nitrogen and oxygen atoms in total. The first kappa shape index (κ1) is 17.7. The summed E-state index contributed by atoms with van der Waals surface area (Å²) in [6.07, 6.45) is 7.81. The van der Waals surface area contributed by atoms with Gasteiger partial charge in [0, 0.05) is 22.2 Å². The van der Waals surface area contributed by atoms with Crippen molar-refractivity contribution in [1.82, 2.24) is 16.2 Å². The molecule has 0 heterocycles. The zero-order valence-corrected chi connectivity index (χ0v) is 15.3. The highest BCUT2D eigenvalue weighted by Gasteiger charge is 2.15. The maximum absolute atomic E-state index is 11.8. The lowest BCUT2D eigenvalue weighted by Crippen LogP contribution is -2.48. The van der Waals surface area contributed by atoms with E-state index in [0.717, 1.165) is 22.9 Å². The highest BCUT2D eigenvalue weighted by Crippen LogP contribution is 2.24. The number of methoxy groups -OCH3 is 1. The molecule has 0 radical (unpaired) electrons. The van der Waals surface area contributed by atoms with Crippen molar-refractivity contribution in [3.63, 3.8) is 0 Å². The number of carbonyl (C=O) groups excluding carboxylic acids is 1. The van der Waals surface area contributed by atoms with Crippen molar-refractivity contribution in [2.24, 2.45) is 0 Å². The fraction of sp³-hybridized carbons (Fsp3) is 0.375. The molecule has 1 saturated carbocycles. The van der Waals surface area contributed by atoms with Gasteiger partial charge in [0.2, 0.25) is 0 Å². The summed E-state index contributed by atoms with van der Waals surface area (Å²) < 4.78 is 6.17. The fourth-order valence-corrected chi connectivity index (χ4v) is 3.05. The van der Waals surface area contributed by atoms with Gasteiger partial charge in [-0.05, 0) is 49.3 Å². The second-order valence-electron chi connectivity index (χ2n) is 5.29. The minimum absolute atomic E-state index is 0.289. The Kier molecular flexibility index (Phi) is 6.85. The molecule has 3 N–H and O–H groups in total. The van der Waals surface area contributed by atoms with Gasteiger partial charge in [-0.15, -0.1) is 0 Å². The molecule has 1 aliphatic rings. The van der Waals surface area contributed by atoms with Crippen molar-refractivity contribution in [3.8, 4) is 5.75 Å². The fourth-order valence-electron chi connectivity index (χ4n) is 2.45. The van der Waals surface area contributed by atoms with Crippen LogP contribution in [-0.2, 0) is 4.79 Å². The van der Waals surface area contributed by atoms with Gasteiger partial charge >= 0.3 is 0 Å². The second-order valence-corrected chi connectivity index (χ2v) is 6.61. The Bertz CT molecular complexity index is 601. The number of nitrogens with one attached hydrogen (secondary N) is 3. The summed E-state index contributed by atoms with van der Waals surface area (Å²) in [5.74, 6) is 0.409. The van der Waals surface area contributed by atoms with Crippen LogP contribution >= 0.6 is 28.1 Å². The molecular formula is C16H20BrN3O2S. The lowest BCUT2D eigenvalue weighted by Gasteiger charge is -2.15. The van der Waals surface area contributed by atoms with E-state index in [2.05, 4.69) is 32.1 Å². The molecule has 23 heavy (non-hydrogen) atoms. The molecule has 7 heteroatoms. The molecule has 1 amide bonds. The quantitative estimate of drug-likeness (QED) is 0.414. The van der Waals surface area contributed by atoms with Crippen LogP contribution in [0.25, 0.3) is 6.08 Å². The molecule has 1 aliphatic carbocycles. The van der Waals surface area contributed by atoms with Crippen molar-refractivity contribution >= 4 is 45.2 Å². The number of amides is 1. The molecule has 0 bridgehead atoms. The zero-order chi connectivity index (χ0) is 16.7. The number of hydrogen-bond acceptors (Lipinski definition) is 3. The van der Waals surface area contributed by atoms with Crippen LogP contribution in [0, 0.1) is 0 Å². The standard InChI is InChI=1S/C16H20BrN3O2S/c1-22-14-8-7-12(17)10-11(14)6-9-15(21)19-20-16(23)18-13-4-2-3-5-13/h6-10,13H,2-5H2,1H3,(H,19,21)(H2,18,20,23)/b9-6+. The Balaban J connectivity index is 1.82. The van der Waals surface area contributed by atoms with Gasteiger partial charge in [0.05, 0.1) is 7.11 Å². The average Bonchev–Trinajstić information content (AvgIpc) is 3.04. The molecular weight excluding hydrogens is 378 g/mol. The predicted octanol–water partition coefficient (Wildman–Crippen LogP) is 2.91. The van der Waals surface area contributed by atoms with Crippen molar-refractivity contribution in [3.05, 3.63) is 34.3 Å². The van der Waals surface area contributed by atoms with Gasteiger partial charge in [0.25, 0.3) is 5.91 Å². The summed E-state index contributed by atoms with van der Waals surface area (Å²) >= 11 is 8.55. The SMILES string of the molecule is COc1ccc(Br)cc1/C=C/C(=O)NNC(=S)NC1CCCC1. The van der Waals surface area contributed by atoms with Crippen LogP contribution < -0.4 is 20.9 Å². The van der Waals surface area contributed by atoms with E-state index in [4.69, 9.17) is 17.0 Å². The smallest absolute Gasteiger partial charge is 0.262 e. The third-order valence-corrected chi connectivity index (χ3v) is 4.31. The molecule has 2 rings (SSSR count). The van der Waals surface area contributed by atoms with Gasteiger partial charge in [-0.2, -0.15) is 0 Å². The summed E-state index contributed by atoms with van der Waals surface area (Å²) in [5.41, 5.74) is 6.07. The topological polar surface area (TPSA) is 62.4 Å². The first-order valence-corrected chi connectivity index (χ1v) is 8.66. The molecule has 0 spiro atoms. The predicted molar refractivity (Wildman–Crippen MR) is 99.0 cm³/mol. The lowest BCUT2D eigenvalue weighted by molar-refractivity contribution is -0.116. The van der Waals surface area contributed by atoms with E-state index in [9.17, 15) is 4.79 Å². The van der Waals surface area contributed by atoms with E-state index in [-0.39, 0.29) is 5.91 Å². The molecule has 0 atom stereocenters. The number of ether oxygens (including phenoxy) is 1. The van der Waals surface area contributed by atoms with E-state index in [0.29, 0.717) is 16.9 Å². The van der Waals surface area contributed by atoms with Crippen LogP contribution in [0.15, 0.2) is 28.7 Å². The number of rotatable bonds is 4. The van der Waals surface area contributed by atoms with Gasteiger partial charge < -0.3 is 10.1 Å². The van der Waals surface area contributed by atoms with Crippen LogP contribution in [0.4, 0.5) is 0 Å². The minimum atomic E-state index is -0.289. The highest BCUT2D eigenvalue weighted by atomic mass is 79.9. The van der Waals surface area contributed by atoms with Gasteiger partial charge in [-0.1, -0.05) is 28.8 Å². The highest BCUT2D eigenvalue weighted by molar-refractivity contribution is 9.10. The summed E-state index contributed by atoms with van der Waals surface area (Å²) in [5, 5.41) is 3.63. The first-order chi connectivity index (χ1) is 11.1. The molecule has 0 aromatic heterocycles. The lowest BCUT2D eigenvalue weighted by atomic mass is 10.2. The number of hydrazine groups is 1. The number of thiocarbonyl (C=S) groups is 1. The average molecular weight is 398 g/mol. The Morgan fingerprint density at radius 3 is 2.78 bits per heavy atom. The molecule has 0 aliphatic heterocycles. The van der Waals surface area contributed by atoms with Crippen LogP contribution in [-0.4, -0.2) is 24.2 Å². The summed E-state index contributed by atoms with van der Waals surface area (Å²) in [6.45, 7) is 0. The summed E-state index contributed by atoms with van der Waals surface area (Å²) in [7, 11) is 1.59. The van der Waals surface area contributed by atoms with Crippen molar-refractivity contribution < 1.29 is 9.53 Å². The van der Waals surface area contributed by atoms with Crippen molar-refractivity contribution in [2.45, 2.75) is 31.7 Å². The van der Waals surface area contributed by atoms with E-state index in [1.807, 2.05) is 18.2 Å². The minimum Gasteiger partial charge on any atom is -0.496 e. The van der Waals surface area contributed by atoms with Gasteiger partial charge in [0.1, 0.15) is 5.75 Å². The summed E-state index contributed by atoms with van der Waals surface area (Å²) in [6, 6.07) is 6.00. The molecule has 124 valence electrons. The number of halogens is 1. The van der Waals surface area contributed by atoms with Crippen LogP contribution in [0.3, 0.4) is 0 Å². The Hall–Kier alpha value is -1.60. The van der Waals surface area contributed by atoms with Crippen LogP contribution in [0.5, 0.6) is 5.75 Å². The normalized spacial score (nSPS) is 14.7. The van der Waals surface area contributed by atoms with E-state index >= 15 is 0 Å². The maximum Gasteiger partial charge on any atom is 0.262 e. The number of hydrogen-bond donors (Lipinski definition) is 3. The maximum atomic E-state index is 11.8. The van der Waals surface area contributed by atoms with Crippen LogP contribution in [0.2, 0.25) is 0 Å². The van der Waals surface area contributed by atoms with Gasteiger partial charge in [-0.25, -0.2) is 0 Å². The molecule has 0 saturated heterocycles. The monoisotopic (exact) mass is 397 g/mol. The summed E-state index contributed by atoms with van der Waals surface area (Å²) in [4.78, 5) is 11.8. The molecule has 0 unspecified atom stereocenters. The number of benzene rings is 1. The first-order valence-electron chi connectivity index (χ1n) is 7.46. The van der Waals surface area contributed by atoms with E-state index in [1.54, 1.807) is 13.2 Å². The number of carbonyl (C=O) groups is 1. The second kappa shape index (κ2) is 8.88. The van der Waals surface area contributed by atoms with Crippen LogP contribution in [0.1, 0.15) is 31.2 Å². The van der Waals surface area contributed by atoms with Crippen molar-refractivity contribution in [2.75, 3.05) is 7.11 Å². The molecule has 1 fully saturated rings. The third kappa shape index (κ3) is 5.84. The molecule has 1 aromatic rings. The van der Waals surface area contributed by atoms with E-state index < -0.39 is 0 Å². The molecule has 1 aromatic carbocycles. The van der Waals surface area contributed by atoms with Crippen molar-refractivity contribution in [1.29, 1.82) is 0 Å². The van der Waals surface area contributed by atoms with Gasteiger partial charge in [-0.3, -0.25) is 15.6 Å². The zero-order valence-electron chi connectivity index (χ0n) is 12.9. The Morgan fingerprint density at radius 1 is 1.35 bits per heavy atom.